The summed E-state index contributed by atoms with van der Waals surface area (Å²) in [6.45, 7) is -1.06. The molecule has 0 aliphatic heterocycles. The van der Waals surface area contributed by atoms with E-state index in [2.05, 4.69) is 25.8 Å². The third-order valence-electron chi connectivity index (χ3n) is 5.52. The average molecular weight is 587 g/mol. The van der Waals surface area contributed by atoms with Crippen molar-refractivity contribution < 1.29 is 54.9 Å². The van der Waals surface area contributed by atoms with Crippen molar-refractivity contribution in [3.05, 3.63) is 35.9 Å². The zero-order valence-corrected chi connectivity index (χ0v) is 20.0. The van der Waals surface area contributed by atoms with Gasteiger partial charge in [0.15, 0.2) is 11.3 Å². The van der Waals surface area contributed by atoms with Crippen LogP contribution in [0.15, 0.2) is 24.7 Å². The minimum absolute atomic E-state index is 0.0660. The number of carboxylic acid groups (broad SMARTS) is 1. The molecular formula is C21H21F8N7O4. The van der Waals surface area contributed by atoms with E-state index in [1.54, 1.807) is 6.07 Å². The number of carboxylic acids is 1. The lowest BCUT2D eigenvalue weighted by Gasteiger charge is -2.28. The largest absolute Gasteiger partial charge is 0.490 e. The van der Waals surface area contributed by atoms with E-state index in [9.17, 15) is 45.0 Å². The molecule has 4 N–H and O–H groups in total. The van der Waals surface area contributed by atoms with E-state index in [1.165, 1.54) is 10.7 Å². The lowest BCUT2D eigenvalue weighted by Crippen LogP contribution is -2.36. The predicted octanol–water partition coefficient (Wildman–Crippen LogP) is 3.81. The van der Waals surface area contributed by atoms with Gasteiger partial charge in [0, 0.05) is 12.4 Å². The van der Waals surface area contributed by atoms with Gasteiger partial charge in [-0.3, -0.25) is 9.48 Å². The van der Waals surface area contributed by atoms with Gasteiger partial charge in [0.25, 0.3) is 12.3 Å². The van der Waals surface area contributed by atoms with Gasteiger partial charge in [-0.1, -0.05) is 12.8 Å². The highest BCUT2D eigenvalue weighted by molar-refractivity contribution is 6.08. The molecule has 1 aliphatic rings. The molecule has 0 saturated heterocycles. The van der Waals surface area contributed by atoms with Crippen molar-refractivity contribution >= 4 is 29.0 Å². The molecular weight excluding hydrogens is 566 g/mol. The van der Waals surface area contributed by atoms with Crippen molar-refractivity contribution in [2.45, 2.75) is 63.2 Å². The Morgan fingerprint density at radius 2 is 1.77 bits per heavy atom. The molecule has 0 unspecified atom stereocenters. The van der Waals surface area contributed by atoms with Crippen LogP contribution < -0.4 is 10.6 Å². The van der Waals surface area contributed by atoms with Crippen LogP contribution in [0.1, 0.15) is 41.7 Å². The van der Waals surface area contributed by atoms with Crippen LogP contribution in [0.2, 0.25) is 0 Å². The third kappa shape index (κ3) is 7.76. The molecule has 11 nitrogen and oxygen atoms in total. The van der Waals surface area contributed by atoms with E-state index in [1.807, 2.05) is 0 Å². The van der Waals surface area contributed by atoms with Crippen molar-refractivity contribution in [1.82, 2.24) is 24.4 Å². The molecule has 0 aromatic carbocycles. The first-order valence-electron chi connectivity index (χ1n) is 11.4. The predicted molar refractivity (Wildman–Crippen MR) is 120 cm³/mol. The van der Waals surface area contributed by atoms with Gasteiger partial charge in [0.1, 0.15) is 17.9 Å². The van der Waals surface area contributed by atoms with Crippen molar-refractivity contribution in [2.24, 2.45) is 0 Å². The number of nitrogens with zero attached hydrogens (tertiary/aromatic N) is 5. The van der Waals surface area contributed by atoms with Crippen LogP contribution in [0.5, 0.6) is 0 Å². The summed E-state index contributed by atoms with van der Waals surface area (Å²) in [5.74, 6) is -3.36. The van der Waals surface area contributed by atoms with E-state index in [0.717, 1.165) is 25.5 Å². The number of aliphatic hydroxyl groups excluding tert-OH is 1. The van der Waals surface area contributed by atoms with Crippen molar-refractivity contribution in [3.63, 3.8) is 0 Å². The summed E-state index contributed by atoms with van der Waals surface area (Å²) >= 11 is 0. The van der Waals surface area contributed by atoms with E-state index >= 15 is 0 Å². The van der Waals surface area contributed by atoms with Crippen LogP contribution in [-0.2, 0) is 17.5 Å². The molecule has 3 heterocycles. The molecule has 1 amide bonds. The molecule has 0 radical (unpaired) electrons. The molecule has 3 aromatic rings. The van der Waals surface area contributed by atoms with E-state index in [0.29, 0.717) is 23.1 Å². The average Bonchev–Trinajstić information content (AvgIpc) is 3.43. The molecule has 2 atom stereocenters. The van der Waals surface area contributed by atoms with Crippen LogP contribution in [0.25, 0.3) is 5.65 Å². The summed E-state index contributed by atoms with van der Waals surface area (Å²) in [5, 5.41) is 29.6. The Labute approximate surface area is 218 Å². The number of carbonyl (C=O) groups is 2. The number of aliphatic carboxylic acids is 1. The maximum Gasteiger partial charge on any atom is 0.490 e. The number of halogens is 8. The Morgan fingerprint density at radius 1 is 1.12 bits per heavy atom. The SMILES string of the molecule is O=C(Nc1cn(CC(F)F)nc1C(F)(F)F)c1cnn2ccc(N[C@@H]3CCCC[C@@H]3O)nc12.O=C(O)C(F)(F)F. The van der Waals surface area contributed by atoms with Crippen LogP contribution in [0.4, 0.5) is 46.6 Å². The molecule has 1 fully saturated rings. The Bertz CT molecular complexity index is 1340. The quantitative estimate of drug-likeness (QED) is 0.319. The molecule has 4 rings (SSSR count). The summed E-state index contributed by atoms with van der Waals surface area (Å²) < 4.78 is 98.4. The number of carbonyl (C=O) groups excluding carboxylic acids is 1. The van der Waals surface area contributed by atoms with Crippen LogP contribution in [0.3, 0.4) is 0 Å². The topological polar surface area (TPSA) is 147 Å². The van der Waals surface area contributed by atoms with Gasteiger partial charge in [-0.15, -0.1) is 0 Å². The second-order valence-corrected chi connectivity index (χ2v) is 8.50. The minimum atomic E-state index is -5.08. The highest BCUT2D eigenvalue weighted by Crippen LogP contribution is 2.34. The second-order valence-electron chi connectivity index (χ2n) is 8.50. The van der Waals surface area contributed by atoms with E-state index < -0.39 is 54.7 Å². The highest BCUT2D eigenvalue weighted by atomic mass is 19.4. The van der Waals surface area contributed by atoms with Gasteiger partial charge in [-0.25, -0.2) is 23.1 Å². The maximum absolute atomic E-state index is 13.3. The Balaban J connectivity index is 0.000000559. The number of rotatable bonds is 6. The van der Waals surface area contributed by atoms with Gasteiger partial charge < -0.3 is 20.8 Å². The standard InChI is InChI=1S/C19H20F5N7O2.C2HF3O2/c20-14(21)9-30-8-12(16(29-30)19(22,23)24)27-18(33)10-7-25-31-6-5-15(28-17(10)31)26-11-3-1-2-4-13(11)32;3-2(4,5)1(6)7/h5-8,11,13-14,32H,1-4,9H2,(H,26,28)(H,27,33);(H,6,7)/t11-,13+;/m1./s1. The van der Waals surface area contributed by atoms with Crippen LogP contribution >= 0.6 is 0 Å². The number of hydrogen-bond donors (Lipinski definition) is 4. The third-order valence-corrected chi connectivity index (χ3v) is 5.52. The first-order valence-corrected chi connectivity index (χ1v) is 11.4. The molecule has 1 aliphatic carbocycles. The number of alkyl halides is 8. The Hall–Kier alpha value is -4.03. The zero-order chi connectivity index (χ0) is 29.8. The smallest absolute Gasteiger partial charge is 0.475 e. The number of fused-ring (bicyclic) bond motifs is 1. The number of hydrogen-bond acceptors (Lipinski definition) is 7. The lowest BCUT2D eigenvalue weighted by atomic mass is 9.93. The van der Waals surface area contributed by atoms with Gasteiger partial charge in [0.05, 0.1) is 24.0 Å². The Kier molecular flexibility index (Phi) is 9.16. The van der Waals surface area contributed by atoms with Gasteiger partial charge in [-0.2, -0.15) is 36.5 Å². The lowest BCUT2D eigenvalue weighted by molar-refractivity contribution is -0.192. The summed E-state index contributed by atoms with van der Waals surface area (Å²) in [7, 11) is 0. The number of aliphatic hydroxyl groups is 1. The van der Waals surface area contributed by atoms with E-state index in [4.69, 9.17) is 9.90 Å². The summed E-state index contributed by atoms with van der Waals surface area (Å²) in [4.78, 5) is 25.9. The Morgan fingerprint density at radius 3 is 2.35 bits per heavy atom. The number of nitrogens with one attached hydrogen (secondary N) is 2. The summed E-state index contributed by atoms with van der Waals surface area (Å²) in [6, 6.07) is 1.38. The van der Waals surface area contributed by atoms with Crippen molar-refractivity contribution in [2.75, 3.05) is 10.6 Å². The summed E-state index contributed by atoms with van der Waals surface area (Å²) in [5.41, 5.74) is -2.31. The molecule has 0 spiro atoms. The monoisotopic (exact) mass is 587 g/mol. The molecule has 1 saturated carbocycles. The normalized spacial score (nSPS) is 17.9. The van der Waals surface area contributed by atoms with Crippen molar-refractivity contribution in [3.8, 4) is 0 Å². The zero-order valence-electron chi connectivity index (χ0n) is 20.0. The van der Waals surface area contributed by atoms with Gasteiger partial charge >= 0.3 is 18.3 Å². The highest BCUT2D eigenvalue weighted by Gasteiger charge is 2.39. The van der Waals surface area contributed by atoms with Gasteiger partial charge in [-0.05, 0) is 18.9 Å². The van der Waals surface area contributed by atoms with Gasteiger partial charge in [0.2, 0.25) is 0 Å². The molecule has 40 heavy (non-hydrogen) atoms. The summed E-state index contributed by atoms with van der Waals surface area (Å²) in [6.07, 6.45) is -6.92. The van der Waals surface area contributed by atoms with E-state index in [-0.39, 0.29) is 17.3 Å². The second kappa shape index (κ2) is 12.0. The first-order chi connectivity index (χ1) is 18.6. The fourth-order valence-electron chi connectivity index (χ4n) is 3.73. The molecule has 3 aromatic heterocycles. The first kappa shape index (κ1) is 30.5. The minimum Gasteiger partial charge on any atom is -0.475 e. The van der Waals surface area contributed by atoms with Crippen LogP contribution in [0, 0.1) is 0 Å². The fourth-order valence-corrected chi connectivity index (χ4v) is 3.73. The number of aromatic nitrogens is 5. The number of anilines is 2. The molecule has 220 valence electrons. The maximum atomic E-state index is 13.3. The number of amides is 1. The van der Waals surface area contributed by atoms with Crippen LogP contribution in [-0.4, -0.2) is 71.2 Å². The molecule has 0 bridgehead atoms. The van der Waals surface area contributed by atoms with Crippen molar-refractivity contribution in [1.29, 1.82) is 0 Å². The molecule has 19 heteroatoms. The fraction of sp³-hybridized carbons (Fsp3) is 0.476.